The Morgan fingerprint density at radius 1 is 1.06 bits per heavy atom. The van der Waals surface area contributed by atoms with Crippen molar-refractivity contribution >= 4 is 34.1 Å². The summed E-state index contributed by atoms with van der Waals surface area (Å²) in [5.74, 6) is 2.42. The Morgan fingerprint density at radius 3 is 2.44 bits per heavy atom. The van der Waals surface area contributed by atoms with E-state index in [9.17, 15) is 4.79 Å². The number of amides is 1. The van der Waals surface area contributed by atoms with Crippen LogP contribution in [0.5, 0.6) is 17.2 Å². The second-order valence-electron chi connectivity index (χ2n) is 10.0. The maximum atomic E-state index is 13.6. The Hall–Kier alpha value is -3.32. The summed E-state index contributed by atoms with van der Waals surface area (Å²) in [7, 11) is 4.84. The highest BCUT2D eigenvalue weighted by Crippen LogP contribution is 2.45. The number of aliphatic imine (C=N–C) groups is 1. The van der Waals surface area contributed by atoms with Gasteiger partial charge in [-0.05, 0) is 72.6 Å². The van der Waals surface area contributed by atoms with Gasteiger partial charge in [-0.2, -0.15) is 0 Å². The number of ether oxygens (including phenoxy) is 3. The molecule has 0 spiro atoms. The second kappa shape index (κ2) is 10.7. The molecule has 0 saturated carbocycles. The first kappa shape index (κ1) is 25.8. The lowest BCUT2D eigenvalue weighted by Gasteiger charge is -2.33. The molecule has 1 aliphatic rings. The molecule has 1 aliphatic carbocycles. The minimum Gasteiger partial charge on any atom is -0.497 e. The fourth-order valence-electron chi connectivity index (χ4n) is 4.65. The Balaban J connectivity index is 1.72. The van der Waals surface area contributed by atoms with Gasteiger partial charge in [0.05, 0.1) is 26.9 Å². The van der Waals surface area contributed by atoms with E-state index in [-0.39, 0.29) is 11.3 Å². The minimum absolute atomic E-state index is 0.142. The number of para-hydroxylation sites is 1. The SMILES string of the molecule is COc1ccc(NC(=O)c2c(N=Cc3cccc(OC)c3OC)sc3c2CC[C@@H](C(C)(C)C)C3)cc1. The van der Waals surface area contributed by atoms with E-state index >= 15 is 0 Å². The fraction of sp³-hybridized carbons (Fsp3) is 0.379. The molecule has 1 aromatic heterocycles. The van der Waals surface area contributed by atoms with Crippen LogP contribution in [0.1, 0.15) is 53.6 Å². The van der Waals surface area contributed by atoms with Crippen molar-refractivity contribution in [3.63, 3.8) is 0 Å². The molecule has 0 aliphatic heterocycles. The van der Waals surface area contributed by atoms with E-state index in [1.54, 1.807) is 38.9 Å². The van der Waals surface area contributed by atoms with E-state index < -0.39 is 0 Å². The molecule has 0 bridgehead atoms. The van der Waals surface area contributed by atoms with E-state index in [2.05, 4.69) is 26.1 Å². The number of thiophene rings is 1. The van der Waals surface area contributed by atoms with E-state index in [1.807, 2.05) is 42.5 Å². The summed E-state index contributed by atoms with van der Waals surface area (Å²) in [6, 6.07) is 13.0. The summed E-state index contributed by atoms with van der Waals surface area (Å²) in [4.78, 5) is 19.7. The van der Waals surface area contributed by atoms with Gasteiger partial charge in [-0.3, -0.25) is 4.79 Å². The second-order valence-corrected chi connectivity index (χ2v) is 11.1. The maximum Gasteiger partial charge on any atom is 0.259 e. The normalized spacial score (nSPS) is 15.4. The third-order valence-corrected chi connectivity index (χ3v) is 7.96. The fourth-order valence-corrected chi connectivity index (χ4v) is 5.91. The number of hydrogen-bond donors (Lipinski definition) is 1. The third kappa shape index (κ3) is 5.41. The molecule has 0 fully saturated rings. The Morgan fingerprint density at radius 2 is 1.81 bits per heavy atom. The molecule has 0 radical (unpaired) electrons. The first-order chi connectivity index (χ1) is 17.2. The van der Waals surface area contributed by atoms with Crippen LogP contribution in [0.2, 0.25) is 0 Å². The van der Waals surface area contributed by atoms with Crippen LogP contribution >= 0.6 is 11.3 Å². The Bertz CT molecular complexity index is 1260. The zero-order chi connectivity index (χ0) is 25.9. The van der Waals surface area contributed by atoms with Gasteiger partial charge in [0, 0.05) is 22.3 Å². The van der Waals surface area contributed by atoms with E-state index in [0.29, 0.717) is 33.7 Å². The molecule has 0 saturated heterocycles. The van der Waals surface area contributed by atoms with Gasteiger partial charge in [0.1, 0.15) is 10.8 Å². The molecule has 36 heavy (non-hydrogen) atoms. The molecule has 3 aromatic rings. The monoisotopic (exact) mass is 506 g/mol. The Kier molecular flexibility index (Phi) is 7.69. The number of nitrogens with zero attached hydrogens (tertiary/aromatic N) is 1. The summed E-state index contributed by atoms with van der Waals surface area (Å²) in [6.45, 7) is 6.88. The summed E-state index contributed by atoms with van der Waals surface area (Å²) in [6.07, 6.45) is 4.65. The van der Waals surface area contributed by atoms with Crippen LogP contribution in [0.25, 0.3) is 0 Å². The lowest BCUT2D eigenvalue weighted by molar-refractivity contribution is 0.102. The smallest absolute Gasteiger partial charge is 0.259 e. The summed E-state index contributed by atoms with van der Waals surface area (Å²) >= 11 is 1.62. The van der Waals surface area contributed by atoms with Gasteiger partial charge in [0.25, 0.3) is 5.91 Å². The number of fused-ring (bicyclic) bond motifs is 1. The Labute approximate surface area is 217 Å². The van der Waals surface area contributed by atoms with Crippen LogP contribution in [0, 0.1) is 11.3 Å². The molecular weight excluding hydrogens is 472 g/mol. The van der Waals surface area contributed by atoms with Gasteiger partial charge >= 0.3 is 0 Å². The lowest BCUT2D eigenvalue weighted by Crippen LogP contribution is -2.27. The van der Waals surface area contributed by atoms with E-state index in [4.69, 9.17) is 19.2 Å². The molecule has 1 amide bonds. The number of nitrogens with one attached hydrogen (secondary N) is 1. The number of anilines is 1. The number of rotatable bonds is 7. The molecule has 1 N–H and O–H groups in total. The van der Waals surface area contributed by atoms with Crippen molar-refractivity contribution in [1.29, 1.82) is 0 Å². The molecule has 4 rings (SSSR count). The standard InChI is InChI=1S/C29H34N2O4S/c1-29(2,3)19-10-15-22-24(16-19)36-28(30-17-18-8-7-9-23(34-5)26(18)35-6)25(22)27(32)31-20-11-13-21(33-4)14-12-20/h7-9,11-14,17,19H,10,15-16H2,1-6H3,(H,31,32)/t19-/m1/s1. The van der Waals surface area contributed by atoms with Gasteiger partial charge in [-0.1, -0.05) is 26.8 Å². The largest absolute Gasteiger partial charge is 0.497 e. The quantitative estimate of drug-likeness (QED) is 0.353. The summed E-state index contributed by atoms with van der Waals surface area (Å²) in [5, 5.41) is 3.77. The summed E-state index contributed by atoms with van der Waals surface area (Å²) < 4.78 is 16.2. The highest BCUT2D eigenvalue weighted by molar-refractivity contribution is 7.16. The molecule has 190 valence electrons. The van der Waals surface area contributed by atoms with E-state index in [0.717, 1.165) is 36.1 Å². The number of carbonyl (C=O) groups is 1. The highest BCUT2D eigenvalue weighted by atomic mass is 32.1. The number of methoxy groups -OCH3 is 3. The van der Waals surface area contributed by atoms with E-state index in [1.165, 1.54) is 4.88 Å². The van der Waals surface area contributed by atoms with Crippen molar-refractivity contribution in [2.45, 2.75) is 40.0 Å². The van der Waals surface area contributed by atoms with Crippen LogP contribution in [0.15, 0.2) is 47.5 Å². The van der Waals surface area contributed by atoms with Crippen molar-refractivity contribution in [2.75, 3.05) is 26.6 Å². The number of benzene rings is 2. The van der Waals surface area contributed by atoms with Gasteiger partial charge in [-0.25, -0.2) is 4.99 Å². The average Bonchev–Trinajstić information content (AvgIpc) is 3.24. The van der Waals surface area contributed by atoms with Crippen LogP contribution in [0.4, 0.5) is 10.7 Å². The van der Waals surface area contributed by atoms with Gasteiger partial charge in [0.15, 0.2) is 11.5 Å². The van der Waals surface area contributed by atoms with Crippen molar-refractivity contribution < 1.29 is 19.0 Å². The molecule has 7 heteroatoms. The average molecular weight is 507 g/mol. The van der Waals surface area contributed by atoms with Crippen LogP contribution in [-0.2, 0) is 12.8 Å². The van der Waals surface area contributed by atoms with Crippen LogP contribution in [-0.4, -0.2) is 33.5 Å². The molecule has 6 nitrogen and oxygen atoms in total. The predicted molar refractivity (Wildman–Crippen MR) is 147 cm³/mol. The van der Waals surface area contributed by atoms with Crippen molar-refractivity contribution in [3.05, 3.63) is 64.0 Å². The zero-order valence-electron chi connectivity index (χ0n) is 21.8. The third-order valence-electron chi connectivity index (χ3n) is 6.80. The molecule has 1 heterocycles. The molecule has 0 unspecified atom stereocenters. The molecular formula is C29H34N2O4S. The van der Waals surface area contributed by atoms with Gasteiger partial charge in [-0.15, -0.1) is 11.3 Å². The van der Waals surface area contributed by atoms with Gasteiger partial charge < -0.3 is 19.5 Å². The topological polar surface area (TPSA) is 69.2 Å². The number of carbonyl (C=O) groups excluding carboxylic acids is 1. The molecule has 2 aromatic carbocycles. The van der Waals surface area contributed by atoms with Crippen molar-refractivity contribution in [2.24, 2.45) is 16.3 Å². The lowest BCUT2D eigenvalue weighted by atomic mass is 9.72. The van der Waals surface area contributed by atoms with Crippen molar-refractivity contribution in [3.8, 4) is 17.2 Å². The predicted octanol–water partition coefficient (Wildman–Crippen LogP) is 6.93. The zero-order valence-corrected chi connectivity index (χ0v) is 22.6. The number of hydrogen-bond acceptors (Lipinski definition) is 6. The van der Waals surface area contributed by atoms with Crippen LogP contribution in [0.3, 0.4) is 0 Å². The molecule has 1 atom stereocenters. The first-order valence-electron chi connectivity index (χ1n) is 12.1. The van der Waals surface area contributed by atoms with Crippen LogP contribution < -0.4 is 19.5 Å². The highest BCUT2D eigenvalue weighted by Gasteiger charge is 2.33. The van der Waals surface area contributed by atoms with Gasteiger partial charge in [0.2, 0.25) is 0 Å². The summed E-state index contributed by atoms with van der Waals surface area (Å²) in [5.41, 5.74) is 3.50. The minimum atomic E-state index is -0.142. The first-order valence-corrected chi connectivity index (χ1v) is 12.9. The maximum absolute atomic E-state index is 13.6. The van der Waals surface area contributed by atoms with Crippen molar-refractivity contribution in [1.82, 2.24) is 0 Å².